The zero-order chi connectivity index (χ0) is 16.7. The number of carbonyl (C=O) groups is 2. The predicted octanol–water partition coefficient (Wildman–Crippen LogP) is 1.57. The third kappa shape index (κ3) is 4.67. The number of anilines is 1. The summed E-state index contributed by atoms with van der Waals surface area (Å²) in [6.45, 7) is 2.10. The van der Waals surface area contributed by atoms with Gasteiger partial charge in [0.1, 0.15) is 11.4 Å². The van der Waals surface area contributed by atoms with Gasteiger partial charge in [0.05, 0.1) is 20.1 Å². The number of nitrogens with zero attached hydrogens (tertiary/aromatic N) is 1. The Balaban J connectivity index is 2.94. The fourth-order valence-electron chi connectivity index (χ4n) is 1.90. The Kier molecular flexibility index (Phi) is 7.26. The van der Waals surface area contributed by atoms with E-state index in [-0.39, 0.29) is 18.2 Å². The summed E-state index contributed by atoms with van der Waals surface area (Å²) in [5.41, 5.74) is 6.21. The van der Waals surface area contributed by atoms with Crippen LogP contribution in [0.2, 0.25) is 0 Å². The maximum Gasteiger partial charge on any atom is 0.341 e. The molecule has 1 aromatic rings. The molecule has 0 saturated carbocycles. The highest BCUT2D eigenvalue weighted by atomic mass is 79.9. The van der Waals surface area contributed by atoms with E-state index in [0.717, 1.165) is 0 Å². The van der Waals surface area contributed by atoms with Gasteiger partial charge in [0.25, 0.3) is 0 Å². The molecule has 1 rings (SSSR count). The summed E-state index contributed by atoms with van der Waals surface area (Å²) in [5.74, 6) is -1.14. The number of nitrogens with one attached hydrogen (secondary N) is 1. The van der Waals surface area contributed by atoms with E-state index in [2.05, 4.69) is 26.2 Å². The fourth-order valence-corrected chi connectivity index (χ4v) is 2.23. The van der Waals surface area contributed by atoms with Crippen molar-refractivity contribution in [1.29, 1.82) is 0 Å². The molecule has 22 heavy (non-hydrogen) atoms. The van der Waals surface area contributed by atoms with E-state index in [1.54, 1.807) is 12.3 Å². The van der Waals surface area contributed by atoms with Gasteiger partial charge in [0.2, 0.25) is 0 Å². The molecule has 0 aliphatic carbocycles. The van der Waals surface area contributed by atoms with E-state index in [0.29, 0.717) is 16.7 Å². The summed E-state index contributed by atoms with van der Waals surface area (Å²) in [4.78, 5) is 27.7. The summed E-state index contributed by atoms with van der Waals surface area (Å²) in [6, 6.07) is 1.24. The largest absolute Gasteiger partial charge is 0.469 e. The molecule has 0 radical (unpaired) electrons. The van der Waals surface area contributed by atoms with Gasteiger partial charge in [-0.3, -0.25) is 4.79 Å². The normalized spacial score (nSPS) is 13.1. The summed E-state index contributed by atoms with van der Waals surface area (Å²) in [6.07, 6.45) is 2.17. The number of aromatic nitrogens is 1. The first-order valence-electron chi connectivity index (χ1n) is 6.75. The van der Waals surface area contributed by atoms with Crippen LogP contribution >= 0.6 is 15.9 Å². The average molecular weight is 374 g/mol. The number of pyridine rings is 1. The summed E-state index contributed by atoms with van der Waals surface area (Å²) in [5, 5.41) is 2.97. The van der Waals surface area contributed by atoms with Crippen LogP contribution in [-0.4, -0.2) is 43.7 Å². The molecule has 0 fully saturated rings. The van der Waals surface area contributed by atoms with Crippen LogP contribution in [0.4, 0.5) is 5.82 Å². The Morgan fingerprint density at radius 3 is 2.64 bits per heavy atom. The Bertz CT molecular complexity index is 539. The van der Waals surface area contributed by atoms with E-state index in [1.807, 2.05) is 6.92 Å². The highest BCUT2D eigenvalue weighted by Crippen LogP contribution is 2.20. The van der Waals surface area contributed by atoms with E-state index in [1.165, 1.54) is 14.2 Å². The van der Waals surface area contributed by atoms with Crippen LogP contribution in [-0.2, 0) is 14.3 Å². The quantitative estimate of drug-likeness (QED) is 0.698. The SMILES string of the molecule is CCC(N)C(CNc1ncc(Br)cc1C(=O)OC)C(=O)OC. The maximum atomic E-state index is 11.8. The van der Waals surface area contributed by atoms with Crippen molar-refractivity contribution in [2.45, 2.75) is 19.4 Å². The molecule has 0 aromatic carbocycles. The van der Waals surface area contributed by atoms with Crippen LogP contribution in [0.3, 0.4) is 0 Å². The molecule has 0 aliphatic heterocycles. The number of carbonyl (C=O) groups excluding carboxylic acids is 2. The minimum absolute atomic E-state index is 0.209. The lowest BCUT2D eigenvalue weighted by Gasteiger charge is -2.21. The second-order valence-electron chi connectivity index (χ2n) is 4.62. The Morgan fingerprint density at radius 2 is 2.09 bits per heavy atom. The summed E-state index contributed by atoms with van der Waals surface area (Å²) >= 11 is 3.25. The molecule has 0 amide bonds. The fraction of sp³-hybridized carbons (Fsp3) is 0.500. The number of hydrogen-bond acceptors (Lipinski definition) is 7. The summed E-state index contributed by atoms with van der Waals surface area (Å²) < 4.78 is 10.1. The molecule has 1 heterocycles. The predicted molar refractivity (Wildman–Crippen MR) is 85.5 cm³/mol. The smallest absolute Gasteiger partial charge is 0.341 e. The lowest BCUT2D eigenvalue weighted by Crippen LogP contribution is -2.40. The lowest BCUT2D eigenvalue weighted by atomic mass is 9.98. The van der Waals surface area contributed by atoms with Crippen molar-refractivity contribution in [1.82, 2.24) is 4.98 Å². The van der Waals surface area contributed by atoms with Crippen molar-refractivity contribution in [2.75, 3.05) is 26.1 Å². The maximum absolute atomic E-state index is 11.8. The van der Waals surface area contributed by atoms with Crippen molar-refractivity contribution in [3.05, 3.63) is 22.3 Å². The molecule has 8 heteroatoms. The zero-order valence-corrected chi connectivity index (χ0v) is 14.3. The van der Waals surface area contributed by atoms with Crippen molar-refractivity contribution >= 4 is 33.7 Å². The van der Waals surface area contributed by atoms with E-state index in [4.69, 9.17) is 15.2 Å². The van der Waals surface area contributed by atoms with Crippen LogP contribution in [0.25, 0.3) is 0 Å². The van der Waals surface area contributed by atoms with Crippen molar-refractivity contribution in [2.24, 2.45) is 11.7 Å². The van der Waals surface area contributed by atoms with E-state index < -0.39 is 17.9 Å². The number of hydrogen-bond donors (Lipinski definition) is 2. The molecule has 0 aliphatic rings. The van der Waals surface area contributed by atoms with Crippen LogP contribution in [0.5, 0.6) is 0 Å². The number of methoxy groups -OCH3 is 2. The van der Waals surface area contributed by atoms with Crippen LogP contribution in [0.1, 0.15) is 23.7 Å². The van der Waals surface area contributed by atoms with E-state index >= 15 is 0 Å². The van der Waals surface area contributed by atoms with Gasteiger partial charge in [-0.1, -0.05) is 6.92 Å². The zero-order valence-electron chi connectivity index (χ0n) is 12.8. The van der Waals surface area contributed by atoms with E-state index in [9.17, 15) is 9.59 Å². The van der Waals surface area contributed by atoms with Crippen molar-refractivity contribution in [3.8, 4) is 0 Å². The molecule has 122 valence electrons. The Morgan fingerprint density at radius 1 is 1.41 bits per heavy atom. The van der Waals surface area contributed by atoms with Crippen molar-refractivity contribution in [3.63, 3.8) is 0 Å². The van der Waals surface area contributed by atoms with Gasteiger partial charge >= 0.3 is 11.9 Å². The average Bonchev–Trinajstić information content (AvgIpc) is 2.54. The van der Waals surface area contributed by atoms with Gasteiger partial charge in [-0.25, -0.2) is 9.78 Å². The number of halogens is 1. The van der Waals surface area contributed by atoms with Gasteiger partial charge in [-0.2, -0.15) is 0 Å². The first kappa shape index (κ1) is 18.4. The number of ether oxygens (including phenoxy) is 2. The molecule has 0 spiro atoms. The Labute approximate surface area is 137 Å². The molecule has 1 aromatic heterocycles. The van der Waals surface area contributed by atoms with Gasteiger partial charge in [-0.05, 0) is 28.4 Å². The molecule has 7 nitrogen and oxygen atoms in total. The second kappa shape index (κ2) is 8.70. The third-order valence-corrected chi connectivity index (χ3v) is 3.67. The molecule has 2 atom stereocenters. The standard InChI is InChI=1S/C14H20BrN3O4/c1-4-11(16)10(14(20)22-3)7-18-12-9(13(19)21-2)5-8(15)6-17-12/h5-6,10-11H,4,7,16H2,1-3H3,(H,17,18). The first-order chi connectivity index (χ1) is 10.4. The molecular formula is C14H20BrN3O4. The summed E-state index contributed by atoms with van der Waals surface area (Å²) in [7, 11) is 2.60. The third-order valence-electron chi connectivity index (χ3n) is 3.24. The molecule has 2 unspecified atom stereocenters. The molecule has 0 saturated heterocycles. The van der Waals surface area contributed by atoms with Crippen LogP contribution in [0.15, 0.2) is 16.7 Å². The Hall–Kier alpha value is -1.67. The lowest BCUT2D eigenvalue weighted by molar-refractivity contribution is -0.145. The molecule has 0 bridgehead atoms. The molecule has 3 N–H and O–H groups in total. The van der Waals surface area contributed by atoms with Crippen LogP contribution in [0, 0.1) is 5.92 Å². The minimum atomic E-state index is -0.536. The number of nitrogens with two attached hydrogens (primary N) is 1. The first-order valence-corrected chi connectivity index (χ1v) is 7.55. The van der Waals surface area contributed by atoms with Gasteiger partial charge in [-0.15, -0.1) is 0 Å². The highest BCUT2D eigenvalue weighted by Gasteiger charge is 2.26. The van der Waals surface area contributed by atoms with Crippen molar-refractivity contribution < 1.29 is 19.1 Å². The number of rotatable bonds is 7. The monoisotopic (exact) mass is 373 g/mol. The van der Waals surface area contributed by atoms with Crippen LogP contribution < -0.4 is 11.1 Å². The minimum Gasteiger partial charge on any atom is -0.469 e. The van der Waals surface area contributed by atoms with Gasteiger partial charge in [0, 0.05) is 23.3 Å². The topological polar surface area (TPSA) is 104 Å². The van der Waals surface area contributed by atoms with Gasteiger partial charge in [0.15, 0.2) is 0 Å². The molecular weight excluding hydrogens is 354 g/mol. The second-order valence-corrected chi connectivity index (χ2v) is 5.54. The highest BCUT2D eigenvalue weighted by molar-refractivity contribution is 9.10. The van der Waals surface area contributed by atoms with Gasteiger partial charge < -0.3 is 20.5 Å². The number of esters is 2.